The molecular weight excluding hydrogens is 256 g/mol. The summed E-state index contributed by atoms with van der Waals surface area (Å²) in [4.78, 5) is 16.9. The number of rotatable bonds is 3. The number of thioether (sulfide) groups is 1. The van der Waals surface area contributed by atoms with Gasteiger partial charge >= 0.3 is 0 Å². The fourth-order valence-corrected chi connectivity index (χ4v) is 3.00. The van der Waals surface area contributed by atoms with Crippen LogP contribution in [0.5, 0.6) is 0 Å². The van der Waals surface area contributed by atoms with Gasteiger partial charge in [-0.2, -0.15) is 0 Å². The standard InChI is InChI=1S/C15H13N2OS/c18-17-8-4-7-13-14(17)9-16-10-15(13)19-11-12-5-2-1-3-6-12/h1-7,9-10H,8,11H2/q+1. The number of hydrogen-bond donors (Lipinski definition) is 0. The minimum absolute atomic E-state index is 0.404. The van der Waals surface area contributed by atoms with Gasteiger partial charge in [-0.05, 0) is 17.7 Å². The van der Waals surface area contributed by atoms with Gasteiger partial charge in [0.1, 0.15) is 6.20 Å². The highest BCUT2D eigenvalue weighted by molar-refractivity contribution is 7.98. The zero-order valence-electron chi connectivity index (χ0n) is 10.3. The molecule has 0 saturated heterocycles. The molecule has 0 saturated carbocycles. The summed E-state index contributed by atoms with van der Waals surface area (Å²) in [6.07, 6.45) is 7.37. The van der Waals surface area contributed by atoms with E-state index in [0.717, 1.165) is 21.0 Å². The van der Waals surface area contributed by atoms with Crippen LogP contribution in [-0.2, 0) is 5.75 Å². The van der Waals surface area contributed by atoms with Gasteiger partial charge in [-0.1, -0.05) is 30.3 Å². The molecule has 0 spiro atoms. The summed E-state index contributed by atoms with van der Waals surface area (Å²) in [5.74, 6) is 0.881. The van der Waals surface area contributed by atoms with E-state index < -0.39 is 0 Å². The molecule has 0 fully saturated rings. The molecule has 1 aromatic heterocycles. The summed E-state index contributed by atoms with van der Waals surface area (Å²) in [6.45, 7) is 0.404. The number of nitrogens with zero attached hydrogens (tertiary/aromatic N) is 2. The molecule has 1 aliphatic rings. The normalized spacial score (nSPS) is 13.4. The molecular formula is C15H13N2OS+. The Labute approximate surface area is 116 Å². The van der Waals surface area contributed by atoms with Crippen molar-refractivity contribution >= 4 is 23.5 Å². The average molecular weight is 269 g/mol. The Hall–Kier alpha value is -1.94. The van der Waals surface area contributed by atoms with Crippen LogP contribution in [0, 0.1) is 4.91 Å². The van der Waals surface area contributed by atoms with Crippen molar-refractivity contribution in [2.24, 2.45) is 0 Å². The predicted molar refractivity (Wildman–Crippen MR) is 77.4 cm³/mol. The van der Waals surface area contributed by atoms with Crippen LogP contribution in [-0.4, -0.2) is 16.3 Å². The zero-order valence-corrected chi connectivity index (χ0v) is 11.1. The van der Waals surface area contributed by atoms with Crippen molar-refractivity contribution in [1.82, 2.24) is 4.98 Å². The Morgan fingerprint density at radius 1 is 1.21 bits per heavy atom. The van der Waals surface area contributed by atoms with Crippen molar-refractivity contribution < 1.29 is 4.76 Å². The molecule has 2 aromatic rings. The third-order valence-electron chi connectivity index (χ3n) is 2.99. The maximum Gasteiger partial charge on any atom is 0.282 e. The second kappa shape index (κ2) is 5.36. The SMILES string of the molecule is O=[N+]1CC=Cc2c(SCc3ccccc3)cncc21. The highest BCUT2D eigenvalue weighted by Gasteiger charge is 2.23. The molecule has 0 amide bonds. The first-order valence-electron chi connectivity index (χ1n) is 6.10. The van der Waals surface area contributed by atoms with E-state index in [1.807, 2.05) is 36.5 Å². The summed E-state index contributed by atoms with van der Waals surface area (Å²) in [7, 11) is 0. The Kier molecular flexibility index (Phi) is 3.42. The molecule has 0 atom stereocenters. The van der Waals surface area contributed by atoms with E-state index in [1.165, 1.54) is 5.56 Å². The van der Waals surface area contributed by atoms with Gasteiger partial charge in [-0.25, -0.2) is 0 Å². The first kappa shape index (κ1) is 12.1. The lowest BCUT2D eigenvalue weighted by Crippen LogP contribution is -2.07. The minimum atomic E-state index is 0.404. The molecule has 94 valence electrons. The van der Waals surface area contributed by atoms with Crippen molar-refractivity contribution in [2.75, 3.05) is 6.54 Å². The Bertz CT molecular complexity index is 638. The van der Waals surface area contributed by atoms with E-state index >= 15 is 0 Å². The summed E-state index contributed by atoms with van der Waals surface area (Å²) in [6, 6.07) is 10.3. The van der Waals surface area contributed by atoms with Crippen LogP contribution in [0.15, 0.2) is 53.7 Å². The van der Waals surface area contributed by atoms with Gasteiger partial charge in [0.05, 0.1) is 5.56 Å². The van der Waals surface area contributed by atoms with E-state index in [2.05, 4.69) is 17.1 Å². The van der Waals surface area contributed by atoms with Crippen molar-refractivity contribution in [3.05, 3.63) is 64.8 Å². The van der Waals surface area contributed by atoms with Crippen LogP contribution >= 0.6 is 11.8 Å². The second-order valence-corrected chi connectivity index (χ2v) is 5.33. The largest absolute Gasteiger partial charge is 0.282 e. The third-order valence-corrected chi connectivity index (χ3v) is 4.11. The Morgan fingerprint density at radius 3 is 2.89 bits per heavy atom. The number of pyridine rings is 1. The van der Waals surface area contributed by atoms with E-state index in [-0.39, 0.29) is 0 Å². The van der Waals surface area contributed by atoms with E-state index in [1.54, 1.807) is 18.0 Å². The second-order valence-electron chi connectivity index (χ2n) is 4.31. The topological polar surface area (TPSA) is 33.0 Å². The molecule has 0 aliphatic carbocycles. The first-order valence-corrected chi connectivity index (χ1v) is 7.09. The van der Waals surface area contributed by atoms with Gasteiger partial charge in [0.2, 0.25) is 6.54 Å². The lowest BCUT2D eigenvalue weighted by molar-refractivity contribution is -0.452. The number of fused-ring (bicyclic) bond motifs is 1. The lowest BCUT2D eigenvalue weighted by Gasteiger charge is -2.08. The number of nitroso groups, excluding NO2 is 1. The van der Waals surface area contributed by atoms with Crippen molar-refractivity contribution in [1.29, 1.82) is 0 Å². The quantitative estimate of drug-likeness (QED) is 0.627. The Balaban J connectivity index is 1.85. The number of aromatic nitrogens is 1. The predicted octanol–water partition coefficient (Wildman–Crippen LogP) is 3.81. The molecule has 3 nitrogen and oxygen atoms in total. The van der Waals surface area contributed by atoms with Crippen LogP contribution < -0.4 is 0 Å². The highest BCUT2D eigenvalue weighted by Crippen LogP contribution is 2.33. The van der Waals surface area contributed by atoms with Crippen LogP contribution in [0.25, 0.3) is 6.08 Å². The fraction of sp³-hybridized carbons (Fsp3) is 0.133. The molecule has 0 bridgehead atoms. The number of hydrogen-bond acceptors (Lipinski definition) is 3. The van der Waals surface area contributed by atoms with E-state index in [0.29, 0.717) is 12.2 Å². The molecule has 1 aromatic carbocycles. The lowest BCUT2D eigenvalue weighted by atomic mass is 10.1. The van der Waals surface area contributed by atoms with E-state index in [4.69, 9.17) is 0 Å². The fourth-order valence-electron chi connectivity index (χ4n) is 2.02. The summed E-state index contributed by atoms with van der Waals surface area (Å²) >= 11 is 1.71. The van der Waals surface area contributed by atoms with Crippen molar-refractivity contribution in [2.45, 2.75) is 10.6 Å². The smallest absolute Gasteiger partial charge is 0.256 e. The van der Waals surface area contributed by atoms with Gasteiger partial charge in [0.15, 0.2) is 0 Å². The van der Waals surface area contributed by atoms with Crippen LogP contribution in [0.1, 0.15) is 11.1 Å². The molecule has 0 unspecified atom stereocenters. The molecule has 2 heterocycles. The third kappa shape index (κ3) is 2.58. The Morgan fingerprint density at radius 2 is 2.05 bits per heavy atom. The summed E-state index contributed by atoms with van der Waals surface area (Å²) < 4.78 is 0.981. The van der Waals surface area contributed by atoms with Gasteiger partial charge < -0.3 is 0 Å². The molecule has 1 aliphatic heterocycles. The van der Waals surface area contributed by atoms with E-state index in [9.17, 15) is 4.91 Å². The molecule has 3 rings (SSSR count). The van der Waals surface area contributed by atoms with Crippen molar-refractivity contribution in [3.8, 4) is 0 Å². The summed E-state index contributed by atoms with van der Waals surface area (Å²) in [5.41, 5.74) is 2.92. The van der Waals surface area contributed by atoms with Crippen molar-refractivity contribution in [3.63, 3.8) is 0 Å². The van der Waals surface area contributed by atoms with Crippen LogP contribution in [0.2, 0.25) is 0 Å². The molecule has 19 heavy (non-hydrogen) atoms. The van der Waals surface area contributed by atoms with Crippen LogP contribution in [0.3, 0.4) is 0 Å². The molecule has 0 radical (unpaired) electrons. The van der Waals surface area contributed by atoms with Gasteiger partial charge in [-0.3, -0.25) is 4.98 Å². The highest BCUT2D eigenvalue weighted by atomic mass is 32.2. The average Bonchev–Trinajstić information content (AvgIpc) is 2.47. The monoisotopic (exact) mass is 269 g/mol. The maximum atomic E-state index is 11.7. The zero-order chi connectivity index (χ0) is 13.1. The number of benzene rings is 1. The van der Waals surface area contributed by atoms with Gasteiger partial charge in [0.25, 0.3) is 5.69 Å². The van der Waals surface area contributed by atoms with Crippen LogP contribution in [0.4, 0.5) is 5.69 Å². The molecule has 0 N–H and O–H groups in total. The first-order chi connectivity index (χ1) is 9.34. The minimum Gasteiger partial charge on any atom is -0.256 e. The molecule has 4 heteroatoms. The maximum absolute atomic E-state index is 11.7. The van der Waals surface area contributed by atoms with Gasteiger partial charge in [-0.15, -0.1) is 11.8 Å². The van der Waals surface area contributed by atoms with Gasteiger partial charge in [0, 0.05) is 26.5 Å². The summed E-state index contributed by atoms with van der Waals surface area (Å²) in [5, 5.41) is 0.